The number of nitrogens with two attached hydrogens (primary N) is 1. The molecular weight excluding hydrogens is 138 g/mol. The summed E-state index contributed by atoms with van der Waals surface area (Å²) in [5.74, 6) is 0.702. The second-order valence-electron chi connectivity index (χ2n) is 3.08. The van der Waals surface area contributed by atoms with Gasteiger partial charge in [-0.2, -0.15) is 0 Å². The number of unbranched alkanes of at least 4 members (excludes halogenated alkanes) is 2. The molecule has 0 saturated carbocycles. The largest absolute Gasteiger partial charge is 0.396 e. The standard InChI is InChI=1S/C9H21NO/c1-2-9(8-10)6-4-3-5-7-11/h9,11H,2-8,10H2,1H3. The maximum Gasteiger partial charge on any atom is 0.0431 e. The highest BCUT2D eigenvalue weighted by atomic mass is 16.2. The molecule has 2 nitrogen and oxygen atoms in total. The summed E-state index contributed by atoms with van der Waals surface area (Å²) in [6.07, 6.45) is 5.73. The first-order chi connectivity index (χ1) is 5.35. The van der Waals surface area contributed by atoms with Crippen LogP contribution in [0.3, 0.4) is 0 Å². The maximum atomic E-state index is 8.52. The first-order valence-electron chi connectivity index (χ1n) is 4.66. The van der Waals surface area contributed by atoms with Crippen LogP contribution < -0.4 is 5.73 Å². The highest BCUT2D eigenvalue weighted by molar-refractivity contribution is 4.57. The Kier molecular flexibility index (Phi) is 7.96. The van der Waals surface area contributed by atoms with Crippen LogP contribution in [0.25, 0.3) is 0 Å². The zero-order valence-corrected chi connectivity index (χ0v) is 7.55. The Morgan fingerprint density at radius 2 is 2.00 bits per heavy atom. The van der Waals surface area contributed by atoms with Crippen molar-refractivity contribution in [1.29, 1.82) is 0 Å². The van der Waals surface area contributed by atoms with E-state index in [-0.39, 0.29) is 0 Å². The van der Waals surface area contributed by atoms with Crippen LogP contribution in [-0.2, 0) is 0 Å². The molecule has 0 aliphatic carbocycles. The van der Waals surface area contributed by atoms with Gasteiger partial charge in [0.05, 0.1) is 0 Å². The summed E-state index contributed by atoms with van der Waals surface area (Å²) in [6.45, 7) is 3.33. The minimum Gasteiger partial charge on any atom is -0.396 e. The van der Waals surface area contributed by atoms with Crippen LogP contribution in [0, 0.1) is 5.92 Å². The van der Waals surface area contributed by atoms with Gasteiger partial charge in [0, 0.05) is 6.61 Å². The van der Waals surface area contributed by atoms with Gasteiger partial charge >= 0.3 is 0 Å². The molecule has 1 unspecified atom stereocenters. The molecule has 0 fully saturated rings. The predicted molar refractivity (Wildman–Crippen MR) is 48.4 cm³/mol. The Bertz CT molecular complexity index is 72.0. The molecule has 0 heterocycles. The number of rotatable bonds is 7. The molecule has 0 saturated heterocycles. The number of hydrogen-bond acceptors (Lipinski definition) is 2. The smallest absolute Gasteiger partial charge is 0.0431 e. The second kappa shape index (κ2) is 8.02. The fourth-order valence-electron chi connectivity index (χ4n) is 1.21. The number of aliphatic hydroxyl groups is 1. The second-order valence-corrected chi connectivity index (χ2v) is 3.08. The summed E-state index contributed by atoms with van der Waals surface area (Å²) < 4.78 is 0. The molecule has 0 aromatic carbocycles. The van der Waals surface area contributed by atoms with Crippen molar-refractivity contribution in [3.05, 3.63) is 0 Å². The molecule has 0 rings (SSSR count). The van der Waals surface area contributed by atoms with Crippen molar-refractivity contribution in [3.63, 3.8) is 0 Å². The summed E-state index contributed by atoms with van der Waals surface area (Å²) in [6, 6.07) is 0. The van der Waals surface area contributed by atoms with Crippen LogP contribution in [0.2, 0.25) is 0 Å². The Balaban J connectivity index is 3.07. The molecule has 0 aliphatic heterocycles. The van der Waals surface area contributed by atoms with Gasteiger partial charge in [-0.15, -0.1) is 0 Å². The average molecular weight is 159 g/mol. The Morgan fingerprint density at radius 1 is 1.27 bits per heavy atom. The van der Waals surface area contributed by atoms with Crippen LogP contribution in [0.15, 0.2) is 0 Å². The lowest BCUT2D eigenvalue weighted by atomic mass is 9.99. The minimum atomic E-state index is 0.333. The summed E-state index contributed by atoms with van der Waals surface area (Å²) >= 11 is 0. The molecule has 11 heavy (non-hydrogen) atoms. The topological polar surface area (TPSA) is 46.2 Å². The molecule has 68 valence electrons. The van der Waals surface area contributed by atoms with Crippen molar-refractivity contribution in [2.75, 3.05) is 13.2 Å². The van der Waals surface area contributed by atoms with E-state index in [9.17, 15) is 0 Å². The monoisotopic (exact) mass is 159 g/mol. The lowest BCUT2D eigenvalue weighted by Gasteiger charge is -2.10. The van der Waals surface area contributed by atoms with Crippen molar-refractivity contribution in [3.8, 4) is 0 Å². The van der Waals surface area contributed by atoms with Gasteiger partial charge in [-0.05, 0) is 25.3 Å². The summed E-state index contributed by atoms with van der Waals surface area (Å²) in [7, 11) is 0. The first kappa shape index (κ1) is 10.9. The quantitative estimate of drug-likeness (QED) is 0.553. The third-order valence-electron chi connectivity index (χ3n) is 2.18. The Hall–Kier alpha value is -0.0800. The van der Waals surface area contributed by atoms with Gasteiger partial charge in [0.1, 0.15) is 0 Å². The van der Waals surface area contributed by atoms with E-state index in [1.807, 2.05) is 0 Å². The molecule has 0 radical (unpaired) electrons. The third-order valence-corrected chi connectivity index (χ3v) is 2.18. The van der Waals surface area contributed by atoms with Crippen molar-refractivity contribution < 1.29 is 5.11 Å². The molecular formula is C9H21NO. The molecule has 0 spiro atoms. The van der Waals surface area contributed by atoms with E-state index >= 15 is 0 Å². The van der Waals surface area contributed by atoms with Gasteiger partial charge in [0.15, 0.2) is 0 Å². The number of aliphatic hydroxyl groups excluding tert-OH is 1. The Labute approximate surface area is 69.8 Å². The zero-order valence-electron chi connectivity index (χ0n) is 7.55. The predicted octanol–water partition coefficient (Wildman–Crippen LogP) is 1.52. The van der Waals surface area contributed by atoms with E-state index in [2.05, 4.69) is 6.92 Å². The van der Waals surface area contributed by atoms with Crippen LogP contribution in [0.1, 0.15) is 39.0 Å². The molecule has 0 aromatic heterocycles. The van der Waals surface area contributed by atoms with Gasteiger partial charge < -0.3 is 10.8 Å². The number of hydrogen-bond donors (Lipinski definition) is 2. The summed E-state index contributed by atoms with van der Waals surface area (Å²) in [5.41, 5.74) is 5.55. The van der Waals surface area contributed by atoms with E-state index in [0.717, 1.165) is 19.4 Å². The van der Waals surface area contributed by atoms with Crippen LogP contribution in [-0.4, -0.2) is 18.3 Å². The van der Waals surface area contributed by atoms with Crippen LogP contribution >= 0.6 is 0 Å². The highest BCUT2D eigenvalue weighted by Crippen LogP contribution is 2.11. The van der Waals surface area contributed by atoms with Gasteiger partial charge in [0.2, 0.25) is 0 Å². The normalized spacial score (nSPS) is 13.4. The Morgan fingerprint density at radius 3 is 2.45 bits per heavy atom. The fraction of sp³-hybridized carbons (Fsp3) is 1.00. The molecule has 0 aromatic rings. The fourth-order valence-corrected chi connectivity index (χ4v) is 1.21. The maximum absolute atomic E-state index is 8.52. The lowest BCUT2D eigenvalue weighted by molar-refractivity contribution is 0.280. The zero-order chi connectivity index (χ0) is 8.53. The van der Waals surface area contributed by atoms with Gasteiger partial charge in [0.25, 0.3) is 0 Å². The van der Waals surface area contributed by atoms with Crippen LogP contribution in [0.5, 0.6) is 0 Å². The summed E-state index contributed by atoms with van der Waals surface area (Å²) in [4.78, 5) is 0. The molecule has 0 bridgehead atoms. The summed E-state index contributed by atoms with van der Waals surface area (Å²) in [5, 5.41) is 8.52. The minimum absolute atomic E-state index is 0.333. The van der Waals surface area contributed by atoms with Crippen molar-refractivity contribution in [2.24, 2.45) is 11.7 Å². The molecule has 1 atom stereocenters. The third kappa shape index (κ3) is 6.32. The van der Waals surface area contributed by atoms with E-state index < -0.39 is 0 Å². The van der Waals surface area contributed by atoms with E-state index in [1.54, 1.807) is 0 Å². The van der Waals surface area contributed by atoms with Gasteiger partial charge in [-0.3, -0.25) is 0 Å². The van der Waals surface area contributed by atoms with Crippen molar-refractivity contribution in [2.45, 2.75) is 39.0 Å². The van der Waals surface area contributed by atoms with E-state index in [4.69, 9.17) is 10.8 Å². The average Bonchev–Trinajstić information content (AvgIpc) is 2.05. The van der Waals surface area contributed by atoms with Crippen molar-refractivity contribution in [1.82, 2.24) is 0 Å². The molecule has 0 amide bonds. The van der Waals surface area contributed by atoms with Gasteiger partial charge in [-0.25, -0.2) is 0 Å². The lowest BCUT2D eigenvalue weighted by Crippen LogP contribution is -2.13. The van der Waals surface area contributed by atoms with Crippen molar-refractivity contribution >= 4 is 0 Å². The SMILES string of the molecule is CCC(CN)CCCCCO. The molecule has 0 aliphatic rings. The van der Waals surface area contributed by atoms with E-state index in [0.29, 0.717) is 12.5 Å². The van der Waals surface area contributed by atoms with Crippen LogP contribution in [0.4, 0.5) is 0 Å². The van der Waals surface area contributed by atoms with E-state index in [1.165, 1.54) is 19.3 Å². The molecule has 3 N–H and O–H groups in total. The van der Waals surface area contributed by atoms with Gasteiger partial charge in [-0.1, -0.05) is 26.2 Å². The first-order valence-corrected chi connectivity index (χ1v) is 4.66. The highest BCUT2D eigenvalue weighted by Gasteiger charge is 2.01. The molecule has 2 heteroatoms.